The molecule has 0 atom stereocenters. The number of imidazole rings is 1. The van der Waals surface area contributed by atoms with Crippen molar-refractivity contribution < 1.29 is 0 Å². The van der Waals surface area contributed by atoms with Crippen LogP contribution >= 0.6 is 0 Å². The number of pyridine rings is 1. The van der Waals surface area contributed by atoms with E-state index in [1.807, 2.05) is 13.3 Å². The van der Waals surface area contributed by atoms with Crippen molar-refractivity contribution in [3.63, 3.8) is 0 Å². The monoisotopic (exact) mass is 189 g/mol. The first-order chi connectivity index (χ1) is 6.81. The van der Waals surface area contributed by atoms with Gasteiger partial charge in [0.2, 0.25) is 0 Å². The van der Waals surface area contributed by atoms with E-state index in [1.165, 1.54) is 11.1 Å². The Kier molecular flexibility index (Phi) is 2.50. The molecular formula is C11H15N3. The standard InChI is InChI=1S/C11H15N3/c1-9-11-5-4-10(3-2-6-12)7-14(11)8-13-9/h4-5,7-8H,2-3,6,12H2,1H3. The molecule has 14 heavy (non-hydrogen) atoms. The zero-order valence-electron chi connectivity index (χ0n) is 8.40. The summed E-state index contributed by atoms with van der Waals surface area (Å²) in [5.74, 6) is 0. The Hall–Kier alpha value is -1.35. The fourth-order valence-electron chi connectivity index (χ4n) is 1.64. The van der Waals surface area contributed by atoms with Gasteiger partial charge in [-0.25, -0.2) is 4.98 Å². The van der Waals surface area contributed by atoms with Crippen molar-refractivity contribution in [2.45, 2.75) is 19.8 Å². The summed E-state index contributed by atoms with van der Waals surface area (Å²) >= 11 is 0. The molecule has 2 N–H and O–H groups in total. The van der Waals surface area contributed by atoms with Gasteiger partial charge < -0.3 is 10.1 Å². The lowest BCUT2D eigenvalue weighted by Gasteiger charge is -2.01. The van der Waals surface area contributed by atoms with Gasteiger partial charge in [-0.2, -0.15) is 0 Å². The fourth-order valence-corrected chi connectivity index (χ4v) is 1.64. The average Bonchev–Trinajstić information content (AvgIpc) is 2.57. The molecule has 0 aliphatic heterocycles. The molecule has 0 fully saturated rings. The quantitative estimate of drug-likeness (QED) is 0.795. The smallest absolute Gasteiger partial charge is 0.0995 e. The third-order valence-corrected chi connectivity index (χ3v) is 2.45. The van der Waals surface area contributed by atoms with Crippen molar-refractivity contribution in [3.8, 4) is 0 Å². The number of hydrogen-bond donors (Lipinski definition) is 1. The molecule has 0 unspecified atom stereocenters. The Morgan fingerprint density at radius 1 is 1.43 bits per heavy atom. The van der Waals surface area contributed by atoms with E-state index < -0.39 is 0 Å². The summed E-state index contributed by atoms with van der Waals surface area (Å²) in [7, 11) is 0. The van der Waals surface area contributed by atoms with Crippen LogP contribution < -0.4 is 5.73 Å². The minimum atomic E-state index is 0.751. The molecule has 0 aromatic carbocycles. The van der Waals surface area contributed by atoms with E-state index in [4.69, 9.17) is 5.73 Å². The molecule has 0 aliphatic rings. The van der Waals surface area contributed by atoms with Crippen molar-refractivity contribution in [1.82, 2.24) is 9.38 Å². The second kappa shape index (κ2) is 3.80. The summed E-state index contributed by atoms with van der Waals surface area (Å²) in [6.07, 6.45) is 6.07. The Balaban J connectivity index is 2.32. The first kappa shape index (κ1) is 9.21. The van der Waals surface area contributed by atoms with Crippen molar-refractivity contribution in [2.24, 2.45) is 5.73 Å². The first-order valence-electron chi connectivity index (χ1n) is 4.93. The molecular weight excluding hydrogens is 174 g/mol. The number of nitrogens with two attached hydrogens (primary N) is 1. The molecule has 2 aromatic heterocycles. The highest BCUT2D eigenvalue weighted by molar-refractivity contribution is 5.51. The van der Waals surface area contributed by atoms with Gasteiger partial charge in [-0.15, -0.1) is 0 Å². The van der Waals surface area contributed by atoms with E-state index in [9.17, 15) is 0 Å². The average molecular weight is 189 g/mol. The highest BCUT2D eigenvalue weighted by Gasteiger charge is 1.99. The van der Waals surface area contributed by atoms with E-state index >= 15 is 0 Å². The number of fused-ring (bicyclic) bond motifs is 1. The summed E-state index contributed by atoms with van der Waals surface area (Å²) in [5, 5.41) is 0. The SMILES string of the molecule is Cc1ncn2cc(CCCN)ccc12. The van der Waals surface area contributed by atoms with Gasteiger partial charge in [0.25, 0.3) is 0 Å². The highest BCUT2D eigenvalue weighted by Crippen LogP contribution is 2.11. The van der Waals surface area contributed by atoms with Gasteiger partial charge in [-0.1, -0.05) is 6.07 Å². The largest absolute Gasteiger partial charge is 0.330 e. The lowest BCUT2D eigenvalue weighted by Crippen LogP contribution is -2.00. The topological polar surface area (TPSA) is 43.3 Å². The van der Waals surface area contributed by atoms with Crippen LogP contribution in [0.5, 0.6) is 0 Å². The van der Waals surface area contributed by atoms with Crippen molar-refractivity contribution in [2.75, 3.05) is 6.54 Å². The zero-order valence-corrected chi connectivity index (χ0v) is 8.40. The molecule has 3 nitrogen and oxygen atoms in total. The van der Waals surface area contributed by atoms with Crippen LogP contribution in [0.2, 0.25) is 0 Å². The van der Waals surface area contributed by atoms with E-state index in [1.54, 1.807) is 0 Å². The van der Waals surface area contributed by atoms with Crippen LogP contribution in [-0.4, -0.2) is 15.9 Å². The van der Waals surface area contributed by atoms with Gasteiger partial charge in [0, 0.05) is 6.20 Å². The number of hydrogen-bond acceptors (Lipinski definition) is 2. The number of nitrogens with zero attached hydrogens (tertiary/aromatic N) is 2. The predicted molar refractivity (Wildman–Crippen MR) is 57.3 cm³/mol. The van der Waals surface area contributed by atoms with Crippen LogP contribution in [0.1, 0.15) is 17.7 Å². The zero-order chi connectivity index (χ0) is 9.97. The Morgan fingerprint density at radius 2 is 2.29 bits per heavy atom. The molecule has 0 saturated heterocycles. The molecule has 0 aliphatic carbocycles. The molecule has 0 amide bonds. The molecule has 0 spiro atoms. The van der Waals surface area contributed by atoms with Crippen LogP contribution in [0.15, 0.2) is 24.7 Å². The maximum absolute atomic E-state index is 5.47. The van der Waals surface area contributed by atoms with E-state index in [0.717, 1.165) is 25.1 Å². The van der Waals surface area contributed by atoms with E-state index in [-0.39, 0.29) is 0 Å². The molecule has 0 bridgehead atoms. The minimum Gasteiger partial charge on any atom is -0.330 e. The van der Waals surface area contributed by atoms with Crippen molar-refractivity contribution in [1.29, 1.82) is 0 Å². The van der Waals surface area contributed by atoms with Gasteiger partial charge in [-0.05, 0) is 37.9 Å². The molecule has 0 saturated carbocycles. The van der Waals surface area contributed by atoms with Crippen LogP contribution in [-0.2, 0) is 6.42 Å². The van der Waals surface area contributed by atoms with Crippen LogP contribution in [0.25, 0.3) is 5.52 Å². The van der Waals surface area contributed by atoms with Gasteiger partial charge in [-0.3, -0.25) is 0 Å². The van der Waals surface area contributed by atoms with E-state index in [0.29, 0.717) is 0 Å². The number of aryl methyl sites for hydroxylation is 2. The Labute approximate surface area is 83.6 Å². The minimum absolute atomic E-state index is 0.751. The second-order valence-electron chi connectivity index (χ2n) is 3.55. The Morgan fingerprint density at radius 3 is 3.07 bits per heavy atom. The molecule has 2 heterocycles. The van der Waals surface area contributed by atoms with Crippen molar-refractivity contribution in [3.05, 3.63) is 35.9 Å². The summed E-state index contributed by atoms with van der Waals surface area (Å²) in [6.45, 7) is 2.77. The lowest BCUT2D eigenvalue weighted by molar-refractivity contribution is 0.827. The number of aromatic nitrogens is 2. The Bertz CT molecular complexity index is 431. The fraction of sp³-hybridized carbons (Fsp3) is 0.364. The van der Waals surface area contributed by atoms with Gasteiger partial charge in [0.15, 0.2) is 0 Å². The lowest BCUT2D eigenvalue weighted by atomic mass is 10.1. The van der Waals surface area contributed by atoms with Gasteiger partial charge in [0.05, 0.1) is 17.5 Å². The third kappa shape index (κ3) is 1.63. The van der Waals surface area contributed by atoms with E-state index in [2.05, 4.69) is 27.7 Å². The molecule has 74 valence electrons. The summed E-state index contributed by atoms with van der Waals surface area (Å²) in [5.41, 5.74) is 9.05. The van der Waals surface area contributed by atoms with Gasteiger partial charge in [0.1, 0.15) is 0 Å². The molecule has 2 aromatic rings. The normalized spacial score (nSPS) is 11.0. The van der Waals surface area contributed by atoms with Crippen molar-refractivity contribution >= 4 is 5.52 Å². The maximum atomic E-state index is 5.47. The first-order valence-corrected chi connectivity index (χ1v) is 4.93. The molecule has 3 heteroatoms. The van der Waals surface area contributed by atoms with Crippen LogP contribution in [0.3, 0.4) is 0 Å². The number of rotatable bonds is 3. The van der Waals surface area contributed by atoms with Crippen LogP contribution in [0.4, 0.5) is 0 Å². The maximum Gasteiger partial charge on any atom is 0.0995 e. The second-order valence-corrected chi connectivity index (χ2v) is 3.55. The summed E-state index contributed by atoms with van der Waals surface area (Å²) < 4.78 is 2.07. The van der Waals surface area contributed by atoms with Crippen LogP contribution in [0, 0.1) is 6.92 Å². The predicted octanol–water partition coefficient (Wildman–Crippen LogP) is 1.53. The molecule has 2 rings (SSSR count). The van der Waals surface area contributed by atoms with Gasteiger partial charge >= 0.3 is 0 Å². The molecule has 0 radical (unpaired) electrons. The summed E-state index contributed by atoms with van der Waals surface area (Å²) in [4.78, 5) is 4.26. The highest BCUT2D eigenvalue weighted by atomic mass is 15.0. The summed E-state index contributed by atoms with van der Waals surface area (Å²) in [6, 6.07) is 4.27. The third-order valence-electron chi connectivity index (χ3n) is 2.45.